The lowest BCUT2D eigenvalue weighted by Gasteiger charge is -2.13. The first kappa shape index (κ1) is 16.2. The Morgan fingerprint density at radius 1 is 1.36 bits per heavy atom. The van der Waals surface area contributed by atoms with Crippen LogP contribution in [0, 0.1) is 10.1 Å². The molecule has 0 radical (unpaired) electrons. The Hall–Kier alpha value is -2.13. The molecule has 22 heavy (non-hydrogen) atoms. The number of aliphatic hydroxyl groups is 1. The SMILES string of the molecule is O=[N+]([O-])c1ccc(NCC(O)c2ccsc2)cc1C(F)(F)F. The van der Waals surface area contributed by atoms with E-state index in [2.05, 4.69) is 5.32 Å². The highest BCUT2D eigenvalue weighted by molar-refractivity contribution is 7.07. The minimum absolute atomic E-state index is 0.00809. The minimum atomic E-state index is -4.83. The first-order valence-electron chi connectivity index (χ1n) is 6.08. The minimum Gasteiger partial charge on any atom is -0.387 e. The molecular formula is C13H11F3N2O3S. The van der Waals surface area contributed by atoms with Crippen molar-refractivity contribution in [3.8, 4) is 0 Å². The lowest BCUT2D eigenvalue weighted by Crippen LogP contribution is -2.13. The molecule has 1 heterocycles. The Balaban J connectivity index is 2.17. The van der Waals surface area contributed by atoms with E-state index < -0.39 is 28.5 Å². The zero-order valence-corrected chi connectivity index (χ0v) is 11.8. The van der Waals surface area contributed by atoms with Crippen molar-refractivity contribution >= 4 is 22.7 Å². The van der Waals surface area contributed by atoms with Crippen LogP contribution in [0.1, 0.15) is 17.2 Å². The first-order valence-corrected chi connectivity index (χ1v) is 7.03. The topological polar surface area (TPSA) is 75.4 Å². The molecule has 0 aliphatic heterocycles. The van der Waals surface area contributed by atoms with Crippen LogP contribution in [-0.2, 0) is 6.18 Å². The van der Waals surface area contributed by atoms with E-state index in [0.717, 1.165) is 6.07 Å². The summed E-state index contributed by atoms with van der Waals surface area (Å²) >= 11 is 1.39. The molecule has 9 heteroatoms. The zero-order chi connectivity index (χ0) is 16.3. The number of nitro benzene ring substituents is 1. The number of rotatable bonds is 5. The number of halogens is 3. The maximum atomic E-state index is 12.8. The zero-order valence-electron chi connectivity index (χ0n) is 11.0. The van der Waals surface area contributed by atoms with Crippen molar-refractivity contribution in [1.29, 1.82) is 0 Å². The standard InChI is InChI=1S/C13H11F3N2O3S/c14-13(15,16)10-5-9(1-2-11(10)18(20)21)17-6-12(19)8-3-4-22-7-8/h1-5,7,12,17,19H,6H2. The fourth-order valence-corrected chi connectivity index (χ4v) is 2.54. The van der Waals surface area contributed by atoms with Crippen LogP contribution in [0.25, 0.3) is 0 Å². The van der Waals surface area contributed by atoms with Gasteiger partial charge in [-0.1, -0.05) is 0 Å². The molecule has 2 aromatic rings. The molecule has 0 aliphatic rings. The average molecular weight is 332 g/mol. The van der Waals surface area contributed by atoms with E-state index in [0.29, 0.717) is 11.6 Å². The van der Waals surface area contributed by atoms with Gasteiger partial charge in [-0.25, -0.2) is 0 Å². The van der Waals surface area contributed by atoms with Gasteiger partial charge < -0.3 is 10.4 Å². The molecular weight excluding hydrogens is 321 g/mol. The molecule has 0 bridgehead atoms. The van der Waals surface area contributed by atoms with Crippen molar-refractivity contribution in [3.05, 3.63) is 56.3 Å². The number of alkyl halides is 3. The van der Waals surface area contributed by atoms with Gasteiger partial charge >= 0.3 is 6.18 Å². The predicted octanol–water partition coefficient (Wildman–Crippen LogP) is 3.82. The lowest BCUT2D eigenvalue weighted by atomic mass is 10.1. The molecule has 0 spiro atoms. The monoisotopic (exact) mass is 332 g/mol. The van der Waals surface area contributed by atoms with Crippen LogP contribution < -0.4 is 5.32 Å². The van der Waals surface area contributed by atoms with Crippen LogP contribution in [-0.4, -0.2) is 16.6 Å². The summed E-state index contributed by atoms with van der Waals surface area (Å²) < 4.78 is 38.5. The van der Waals surface area contributed by atoms with Gasteiger partial charge in [-0.3, -0.25) is 10.1 Å². The summed E-state index contributed by atoms with van der Waals surface area (Å²) in [5, 5.41) is 26.6. The van der Waals surface area contributed by atoms with E-state index in [1.54, 1.807) is 16.8 Å². The molecule has 1 unspecified atom stereocenters. The number of anilines is 1. The van der Waals surface area contributed by atoms with E-state index in [9.17, 15) is 28.4 Å². The lowest BCUT2D eigenvalue weighted by molar-refractivity contribution is -0.388. The normalized spacial score (nSPS) is 12.9. The van der Waals surface area contributed by atoms with Crippen molar-refractivity contribution in [2.24, 2.45) is 0 Å². The van der Waals surface area contributed by atoms with Crippen molar-refractivity contribution in [2.75, 3.05) is 11.9 Å². The number of hydrogen-bond donors (Lipinski definition) is 2. The predicted molar refractivity (Wildman–Crippen MR) is 75.9 cm³/mol. The van der Waals surface area contributed by atoms with E-state index in [-0.39, 0.29) is 12.2 Å². The maximum absolute atomic E-state index is 12.8. The molecule has 1 atom stereocenters. The molecule has 0 amide bonds. The summed E-state index contributed by atoms with van der Waals surface area (Å²) in [5.74, 6) is 0. The second-order valence-corrected chi connectivity index (χ2v) is 5.22. The van der Waals surface area contributed by atoms with Crippen molar-refractivity contribution in [3.63, 3.8) is 0 Å². The Kier molecular flexibility index (Phi) is 4.67. The highest BCUT2D eigenvalue weighted by atomic mass is 32.1. The van der Waals surface area contributed by atoms with Crippen molar-refractivity contribution in [1.82, 2.24) is 0 Å². The quantitative estimate of drug-likeness (QED) is 0.645. The highest BCUT2D eigenvalue weighted by Gasteiger charge is 2.38. The van der Waals surface area contributed by atoms with Crippen LogP contribution in [0.5, 0.6) is 0 Å². The maximum Gasteiger partial charge on any atom is 0.423 e. The second kappa shape index (κ2) is 6.32. The molecule has 2 N–H and O–H groups in total. The van der Waals surface area contributed by atoms with Gasteiger partial charge in [0.25, 0.3) is 5.69 Å². The van der Waals surface area contributed by atoms with E-state index in [4.69, 9.17) is 0 Å². The Labute approximate surface area is 127 Å². The van der Waals surface area contributed by atoms with Gasteiger partial charge in [-0.2, -0.15) is 24.5 Å². The van der Waals surface area contributed by atoms with Crippen molar-refractivity contribution in [2.45, 2.75) is 12.3 Å². The van der Waals surface area contributed by atoms with Gasteiger partial charge in [0.2, 0.25) is 0 Å². The van der Waals surface area contributed by atoms with Crippen LogP contribution in [0.3, 0.4) is 0 Å². The van der Waals surface area contributed by atoms with Crippen LogP contribution in [0.2, 0.25) is 0 Å². The average Bonchev–Trinajstić information content (AvgIpc) is 2.97. The number of aliphatic hydroxyl groups excluding tert-OH is 1. The summed E-state index contributed by atoms with van der Waals surface area (Å²) in [5.41, 5.74) is -1.63. The molecule has 1 aromatic carbocycles. The molecule has 0 saturated carbocycles. The summed E-state index contributed by atoms with van der Waals surface area (Å²) in [6, 6.07) is 4.34. The number of benzene rings is 1. The van der Waals surface area contributed by atoms with Gasteiger partial charge in [-0.15, -0.1) is 0 Å². The molecule has 0 saturated heterocycles. The van der Waals surface area contributed by atoms with Gasteiger partial charge in [-0.05, 0) is 34.5 Å². The Bertz CT molecular complexity index is 659. The summed E-state index contributed by atoms with van der Waals surface area (Å²) in [7, 11) is 0. The molecule has 118 valence electrons. The number of thiophene rings is 1. The summed E-state index contributed by atoms with van der Waals surface area (Å²) in [6.45, 7) is -0.00809. The Morgan fingerprint density at radius 2 is 2.09 bits per heavy atom. The number of hydrogen-bond acceptors (Lipinski definition) is 5. The van der Waals surface area contributed by atoms with Gasteiger partial charge in [0.05, 0.1) is 11.0 Å². The van der Waals surface area contributed by atoms with E-state index in [1.165, 1.54) is 17.4 Å². The third-order valence-electron chi connectivity index (χ3n) is 2.93. The smallest absolute Gasteiger partial charge is 0.387 e. The third kappa shape index (κ3) is 3.74. The van der Waals surface area contributed by atoms with E-state index in [1.807, 2.05) is 0 Å². The number of nitrogens with zero attached hydrogens (tertiary/aromatic N) is 1. The summed E-state index contributed by atoms with van der Waals surface area (Å²) in [4.78, 5) is 9.57. The molecule has 5 nitrogen and oxygen atoms in total. The van der Waals surface area contributed by atoms with Gasteiger partial charge in [0, 0.05) is 18.3 Å². The van der Waals surface area contributed by atoms with Crippen LogP contribution in [0.4, 0.5) is 24.5 Å². The van der Waals surface area contributed by atoms with Gasteiger partial charge in [0.1, 0.15) is 5.56 Å². The van der Waals surface area contributed by atoms with Crippen LogP contribution >= 0.6 is 11.3 Å². The van der Waals surface area contributed by atoms with Crippen molar-refractivity contribution < 1.29 is 23.2 Å². The summed E-state index contributed by atoms with van der Waals surface area (Å²) in [6.07, 6.45) is -5.71. The molecule has 0 fully saturated rings. The second-order valence-electron chi connectivity index (χ2n) is 4.44. The largest absolute Gasteiger partial charge is 0.423 e. The van der Waals surface area contributed by atoms with Crippen LogP contribution in [0.15, 0.2) is 35.0 Å². The Morgan fingerprint density at radius 3 is 2.64 bits per heavy atom. The highest BCUT2D eigenvalue weighted by Crippen LogP contribution is 2.37. The first-order chi connectivity index (χ1) is 10.3. The molecule has 0 aliphatic carbocycles. The third-order valence-corrected chi connectivity index (χ3v) is 3.63. The molecule has 2 rings (SSSR count). The van der Waals surface area contributed by atoms with Gasteiger partial charge in [0.15, 0.2) is 0 Å². The van der Waals surface area contributed by atoms with E-state index >= 15 is 0 Å². The fourth-order valence-electron chi connectivity index (χ4n) is 1.83. The molecule has 1 aromatic heterocycles. The fraction of sp³-hybridized carbons (Fsp3) is 0.231. The number of nitrogens with one attached hydrogen (secondary N) is 1. The number of nitro groups is 1.